The molecule has 4 nitrogen and oxygen atoms in total. The van der Waals surface area contributed by atoms with Gasteiger partial charge in [-0.25, -0.2) is 0 Å². The van der Waals surface area contributed by atoms with Crippen molar-refractivity contribution < 1.29 is 4.79 Å². The quantitative estimate of drug-likeness (QED) is 0.788. The molecule has 2 aromatic rings. The van der Waals surface area contributed by atoms with Crippen LogP contribution in [-0.4, -0.2) is 17.4 Å². The molecule has 0 aliphatic carbocycles. The Kier molecular flexibility index (Phi) is 5.12. The van der Waals surface area contributed by atoms with Gasteiger partial charge in [0.1, 0.15) is 0 Å². The molecule has 0 radical (unpaired) electrons. The number of benzene rings is 1. The predicted octanol–water partition coefficient (Wildman–Crippen LogP) is 1.96. The lowest BCUT2D eigenvalue weighted by Crippen LogP contribution is -2.25. The van der Waals surface area contributed by atoms with Crippen LogP contribution in [0.2, 0.25) is 0 Å². The summed E-state index contributed by atoms with van der Waals surface area (Å²) in [5.41, 5.74) is 8.79. The first kappa shape index (κ1) is 14.1. The highest BCUT2D eigenvalue weighted by Crippen LogP contribution is 2.12. The van der Waals surface area contributed by atoms with E-state index in [1.54, 1.807) is 12.4 Å². The van der Waals surface area contributed by atoms with E-state index in [-0.39, 0.29) is 5.91 Å². The van der Waals surface area contributed by atoms with Crippen molar-refractivity contribution in [2.75, 3.05) is 12.3 Å². The number of aromatic nitrogens is 1. The summed E-state index contributed by atoms with van der Waals surface area (Å²) in [5, 5.41) is 2.92. The van der Waals surface area contributed by atoms with Crippen molar-refractivity contribution in [3.05, 3.63) is 59.9 Å². The molecular weight excluding hydrogens is 250 g/mol. The van der Waals surface area contributed by atoms with Crippen molar-refractivity contribution in [1.29, 1.82) is 0 Å². The van der Waals surface area contributed by atoms with Crippen molar-refractivity contribution in [3.8, 4) is 0 Å². The van der Waals surface area contributed by atoms with E-state index in [1.807, 2.05) is 36.4 Å². The van der Waals surface area contributed by atoms with Crippen LogP contribution in [-0.2, 0) is 17.6 Å². The van der Waals surface area contributed by atoms with Crippen LogP contribution in [0.1, 0.15) is 17.5 Å². The first-order valence-electron chi connectivity index (χ1n) is 6.74. The minimum absolute atomic E-state index is 0.0577. The maximum absolute atomic E-state index is 11.8. The molecule has 0 aliphatic heterocycles. The number of anilines is 1. The van der Waals surface area contributed by atoms with Gasteiger partial charge in [0, 0.05) is 31.0 Å². The second-order valence-electron chi connectivity index (χ2n) is 4.65. The Morgan fingerprint density at radius 2 is 1.85 bits per heavy atom. The number of nitrogens with two attached hydrogens (primary N) is 1. The SMILES string of the molecule is Nc1ccccc1CCC(=O)NCCc1ccncc1. The van der Waals surface area contributed by atoms with Gasteiger partial charge in [0.2, 0.25) is 5.91 Å². The molecule has 0 spiro atoms. The van der Waals surface area contributed by atoms with Gasteiger partial charge >= 0.3 is 0 Å². The zero-order valence-electron chi connectivity index (χ0n) is 11.4. The maximum Gasteiger partial charge on any atom is 0.220 e. The molecular formula is C16H19N3O. The number of amides is 1. The summed E-state index contributed by atoms with van der Waals surface area (Å²) in [4.78, 5) is 15.7. The first-order chi connectivity index (χ1) is 9.75. The van der Waals surface area contributed by atoms with E-state index in [0.29, 0.717) is 19.4 Å². The summed E-state index contributed by atoms with van der Waals surface area (Å²) in [6.45, 7) is 0.646. The van der Waals surface area contributed by atoms with E-state index in [2.05, 4.69) is 10.3 Å². The molecule has 0 atom stereocenters. The van der Waals surface area contributed by atoms with Crippen LogP contribution in [0.4, 0.5) is 5.69 Å². The molecule has 3 N–H and O–H groups in total. The van der Waals surface area contributed by atoms with Gasteiger partial charge in [-0.05, 0) is 42.2 Å². The highest BCUT2D eigenvalue weighted by atomic mass is 16.1. The molecule has 0 saturated carbocycles. The lowest BCUT2D eigenvalue weighted by molar-refractivity contribution is -0.121. The number of hydrogen-bond acceptors (Lipinski definition) is 3. The summed E-state index contributed by atoms with van der Waals surface area (Å²) in [6.07, 6.45) is 5.48. The standard InChI is InChI=1S/C16H19N3O/c17-15-4-2-1-3-14(15)5-6-16(20)19-12-9-13-7-10-18-11-8-13/h1-4,7-8,10-11H,5-6,9,12,17H2,(H,19,20). The lowest BCUT2D eigenvalue weighted by atomic mass is 10.1. The Bertz CT molecular complexity index is 555. The number of carbonyl (C=O) groups excluding carboxylic acids is 1. The Hall–Kier alpha value is -2.36. The largest absolute Gasteiger partial charge is 0.399 e. The van der Waals surface area contributed by atoms with E-state index in [1.165, 1.54) is 5.56 Å². The number of nitrogens with one attached hydrogen (secondary N) is 1. The zero-order valence-corrected chi connectivity index (χ0v) is 11.4. The maximum atomic E-state index is 11.8. The van der Waals surface area contributed by atoms with Gasteiger partial charge in [-0.2, -0.15) is 0 Å². The monoisotopic (exact) mass is 269 g/mol. The van der Waals surface area contributed by atoms with E-state index in [4.69, 9.17) is 5.73 Å². The Morgan fingerprint density at radius 3 is 2.60 bits per heavy atom. The van der Waals surface area contributed by atoms with Gasteiger partial charge in [-0.15, -0.1) is 0 Å². The van der Waals surface area contributed by atoms with E-state index in [9.17, 15) is 4.79 Å². The van der Waals surface area contributed by atoms with Crippen LogP contribution in [0.15, 0.2) is 48.8 Å². The predicted molar refractivity (Wildman–Crippen MR) is 80.1 cm³/mol. The second-order valence-corrected chi connectivity index (χ2v) is 4.65. The third-order valence-corrected chi connectivity index (χ3v) is 3.16. The summed E-state index contributed by atoms with van der Waals surface area (Å²) >= 11 is 0. The molecule has 0 saturated heterocycles. The van der Waals surface area contributed by atoms with Gasteiger partial charge < -0.3 is 11.1 Å². The van der Waals surface area contributed by atoms with Crippen molar-refractivity contribution in [3.63, 3.8) is 0 Å². The topological polar surface area (TPSA) is 68.0 Å². The second kappa shape index (κ2) is 7.28. The van der Waals surface area contributed by atoms with E-state index < -0.39 is 0 Å². The number of hydrogen-bond donors (Lipinski definition) is 2. The molecule has 20 heavy (non-hydrogen) atoms. The molecule has 4 heteroatoms. The van der Waals surface area contributed by atoms with Crippen LogP contribution in [0.3, 0.4) is 0 Å². The molecule has 0 bridgehead atoms. The molecule has 1 heterocycles. The van der Waals surface area contributed by atoms with Crippen LogP contribution in [0, 0.1) is 0 Å². The Balaban J connectivity index is 1.70. The number of nitrogens with zero attached hydrogens (tertiary/aromatic N) is 1. The van der Waals surface area contributed by atoms with Crippen molar-refractivity contribution in [2.24, 2.45) is 0 Å². The minimum atomic E-state index is 0.0577. The smallest absolute Gasteiger partial charge is 0.220 e. The van der Waals surface area contributed by atoms with Crippen molar-refractivity contribution >= 4 is 11.6 Å². The summed E-state index contributed by atoms with van der Waals surface area (Å²) in [5.74, 6) is 0.0577. The van der Waals surface area contributed by atoms with Crippen LogP contribution >= 0.6 is 0 Å². The zero-order chi connectivity index (χ0) is 14.2. The van der Waals surface area contributed by atoms with Crippen molar-refractivity contribution in [2.45, 2.75) is 19.3 Å². The van der Waals surface area contributed by atoms with E-state index >= 15 is 0 Å². The van der Waals surface area contributed by atoms with Crippen LogP contribution in [0.5, 0.6) is 0 Å². The average Bonchev–Trinajstić information content (AvgIpc) is 2.47. The number of para-hydroxylation sites is 1. The van der Waals surface area contributed by atoms with Gasteiger partial charge in [0.25, 0.3) is 0 Å². The van der Waals surface area contributed by atoms with E-state index in [0.717, 1.165) is 17.7 Å². The van der Waals surface area contributed by atoms with Gasteiger partial charge in [-0.1, -0.05) is 18.2 Å². The highest BCUT2D eigenvalue weighted by molar-refractivity contribution is 5.76. The van der Waals surface area contributed by atoms with Gasteiger partial charge in [0.05, 0.1) is 0 Å². The Morgan fingerprint density at radius 1 is 1.10 bits per heavy atom. The summed E-state index contributed by atoms with van der Waals surface area (Å²) in [6, 6.07) is 11.6. The normalized spacial score (nSPS) is 10.2. The summed E-state index contributed by atoms with van der Waals surface area (Å²) < 4.78 is 0. The molecule has 0 aliphatic rings. The molecule has 1 aromatic heterocycles. The first-order valence-corrected chi connectivity index (χ1v) is 6.74. The van der Waals surface area contributed by atoms with Crippen LogP contribution < -0.4 is 11.1 Å². The molecule has 2 rings (SSSR count). The van der Waals surface area contributed by atoms with Gasteiger partial charge in [-0.3, -0.25) is 9.78 Å². The Labute approximate surface area is 119 Å². The third-order valence-electron chi connectivity index (χ3n) is 3.16. The summed E-state index contributed by atoms with van der Waals surface area (Å²) in [7, 11) is 0. The van der Waals surface area contributed by atoms with Gasteiger partial charge in [0.15, 0.2) is 0 Å². The van der Waals surface area contributed by atoms with Crippen LogP contribution in [0.25, 0.3) is 0 Å². The molecule has 0 unspecified atom stereocenters. The number of carbonyl (C=O) groups is 1. The number of pyridine rings is 1. The average molecular weight is 269 g/mol. The molecule has 1 aromatic carbocycles. The number of rotatable bonds is 6. The molecule has 104 valence electrons. The molecule has 1 amide bonds. The minimum Gasteiger partial charge on any atom is -0.399 e. The fourth-order valence-corrected chi connectivity index (χ4v) is 1.99. The number of aryl methyl sites for hydroxylation is 1. The fourth-order valence-electron chi connectivity index (χ4n) is 1.99. The lowest BCUT2D eigenvalue weighted by Gasteiger charge is -2.07. The highest BCUT2D eigenvalue weighted by Gasteiger charge is 2.04. The molecule has 0 fully saturated rings. The number of nitrogen functional groups attached to an aromatic ring is 1. The van der Waals surface area contributed by atoms with Crippen molar-refractivity contribution in [1.82, 2.24) is 10.3 Å². The fraction of sp³-hybridized carbons (Fsp3) is 0.250. The third kappa shape index (κ3) is 4.39.